The van der Waals surface area contributed by atoms with E-state index in [1.807, 2.05) is 45.2 Å². The number of hydrogen-bond acceptors (Lipinski definition) is 3. The number of aryl methyl sites for hydroxylation is 1. The molecule has 0 aliphatic carbocycles. The van der Waals surface area contributed by atoms with Crippen LogP contribution in [0.25, 0.3) is 11.5 Å². The van der Waals surface area contributed by atoms with Crippen LogP contribution in [0.4, 0.5) is 0 Å². The molecule has 0 N–H and O–H groups in total. The molecule has 0 radical (unpaired) electrons. The monoisotopic (exact) mass is 254 g/mol. The molecule has 3 aromatic rings. The number of aromatic nitrogens is 4. The zero-order valence-electron chi connectivity index (χ0n) is 11.1. The third-order valence-electron chi connectivity index (χ3n) is 3.51. The molecule has 0 bridgehead atoms. The Bertz CT molecular complexity index is 782. The van der Waals surface area contributed by atoms with Gasteiger partial charge in [-0.25, -0.2) is 9.67 Å². The summed E-state index contributed by atoms with van der Waals surface area (Å²) in [6.45, 7) is 5.95. The van der Waals surface area contributed by atoms with Crippen molar-refractivity contribution < 1.29 is 4.79 Å². The van der Waals surface area contributed by atoms with E-state index < -0.39 is 0 Å². The molecule has 0 saturated heterocycles. The molecule has 0 amide bonds. The van der Waals surface area contributed by atoms with E-state index in [9.17, 15) is 4.79 Å². The van der Waals surface area contributed by atoms with Crippen LogP contribution in [-0.2, 0) is 0 Å². The molecule has 0 spiro atoms. The van der Waals surface area contributed by atoms with Gasteiger partial charge in [-0.3, -0.25) is 9.20 Å². The van der Waals surface area contributed by atoms with Crippen molar-refractivity contribution in [1.82, 2.24) is 19.2 Å². The Kier molecular flexibility index (Phi) is 2.48. The van der Waals surface area contributed by atoms with Gasteiger partial charge in [0, 0.05) is 11.9 Å². The average Bonchev–Trinajstić information content (AvgIpc) is 2.91. The van der Waals surface area contributed by atoms with E-state index >= 15 is 0 Å². The Labute approximate surface area is 110 Å². The quantitative estimate of drug-likeness (QED) is 0.659. The van der Waals surface area contributed by atoms with Crippen LogP contribution < -0.4 is 0 Å². The van der Waals surface area contributed by atoms with Crippen LogP contribution in [0.5, 0.6) is 0 Å². The molecule has 3 rings (SSSR count). The second kappa shape index (κ2) is 4.05. The summed E-state index contributed by atoms with van der Waals surface area (Å²) < 4.78 is 3.51. The van der Waals surface area contributed by atoms with Crippen molar-refractivity contribution in [1.29, 1.82) is 0 Å². The number of aldehydes is 1. The van der Waals surface area contributed by atoms with Gasteiger partial charge in [0.1, 0.15) is 11.3 Å². The summed E-state index contributed by atoms with van der Waals surface area (Å²) >= 11 is 0. The number of rotatable bonds is 2. The van der Waals surface area contributed by atoms with Crippen molar-refractivity contribution >= 4 is 11.9 Å². The summed E-state index contributed by atoms with van der Waals surface area (Å²) in [4.78, 5) is 15.9. The molecule has 0 unspecified atom stereocenters. The van der Waals surface area contributed by atoms with Gasteiger partial charge in [-0.15, -0.1) is 0 Å². The second-order valence-electron chi connectivity index (χ2n) is 4.57. The molecule has 5 nitrogen and oxygen atoms in total. The van der Waals surface area contributed by atoms with E-state index in [0.29, 0.717) is 11.5 Å². The van der Waals surface area contributed by atoms with Gasteiger partial charge < -0.3 is 0 Å². The van der Waals surface area contributed by atoms with E-state index in [2.05, 4.69) is 10.1 Å². The van der Waals surface area contributed by atoms with Gasteiger partial charge in [-0.05, 0) is 38.5 Å². The van der Waals surface area contributed by atoms with Crippen molar-refractivity contribution in [3.8, 4) is 5.82 Å². The SMILES string of the molecule is Cc1nn(-c2nc3ccccn3c2C=O)c(C)c1C. The molecule has 0 atom stereocenters. The molecule has 19 heavy (non-hydrogen) atoms. The summed E-state index contributed by atoms with van der Waals surface area (Å²) in [5, 5.41) is 4.47. The Morgan fingerprint density at radius 3 is 2.63 bits per heavy atom. The standard InChI is InChI=1S/C14H14N4O/c1-9-10(2)16-18(11(9)3)14-12(8-19)17-7-5-4-6-13(17)15-14/h4-8H,1-3H3. The van der Waals surface area contributed by atoms with Crippen molar-refractivity contribution in [3.05, 3.63) is 47.0 Å². The molecular formula is C14H14N4O. The minimum atomic E-state index is 0.515. The maximum absolute atomic E-state index is 11.4. The summed E-state index contributed by atoms with van der Waals surface area (Å²) in [7, 11) is 0. The molecule has 0 fully saturated rings. The zero-order chi connectivity index (χ0) is 13.6. The highest BCUT2D eigenvalue weighted by Gasteiger charge is 2.17. The van der Waals surface area contributed by atoms with E-state index in [4.69, 9.17) is 0 Å². The molecule has 0 aliphatic rings. The minimum absolute atomic E-state index is 0.515. The first-order chi connectivity index (χ1) is 9.13. The average molecular weight is 254 g/mol. The minimum Gasteiger partial charge on any atom is -0.296 e. The predicted molar refractivity (Wildman–Crippen MR) is 71.9 cm³/mol. The Balaban J connectivity index is 2.36. The fourth-order valence-electron chi connectivity index (χ4n) is 2.19. The van der Waals surface area contributed by atoms with E-state index in [1.54, 1.807) is 9.08 Å². The molecule has 5 heteroatoms. The highest BCUT2D eigenvalue weighted by atomic mass is 16.1. The fourth-order valence-corrected chi connectivity index (χ4v) is 2.19. The van der Waals surface area contributed by atoms with Crippen molar-refractivity contribution in [2.75, 3.05) is 0 Å². The third kappa shape index (κ3) is 1.58. The van der Waals surface area contributed by atoms with Crippen LogP contribution in [0.2, 0.25) is 0 Å². The Morgan fingerprint density at radius 1 is 1.21 bits per heavy atom. The summed E-state index contributed by atoms with van der Waals surface area (Å²) in [5.74, 6) is 0.579. The van der Waals surface area contributed by atoms with E-state index in [0.717, 1.165) is 28.9 Å². The molecule has 96 valence electrons. The third-order valence-corrected chi connectivity index (χ3v) is 3.51. The topological polar surface area (TPSA) is 52.2 Å². The summed E-state index contributed by atoms with van der Waals surface area (Å²) in [6.07, 6.45) is 2.65. The first kappa shape index (κ1) is 11.6. The van der Waals surface area contributed by atoms with Gasteiger partial charge in [0.25, 0.3) is 0 Å². The van der Waals surface area contributed by atoms with Crippen LogP contribution in [0.3, 0.4) is 0 Å². The van der Waals surface area contributed by atoms with E-state index in [1.165, 1.54) is 0 Å². The van der Waals surface area contributed by atoms with Crippen LogP contribution in [0, 0.1) is 20.8 Å². The van der Waals surface area contributed by atoms with Crippen molar-refractivity contribution in [2.24, 2.45) is 0 Å². The Hall–Kier alpha value is -2.43. The fraction of sp³-hybridized carbons (Fsp3) is 0.214. The van der Waals surface area contributed by atoms with Crippen LogP contribution >= 0.6 is 0 Å². The van der Waals surface area contributed by atoms with Crippen LogP contribution in [-0.4, -0.2) is 25.5 Å². The first-order valence-electron chi connectivity index (χ1n) is 6.09. The normalized spacial score (nSPS) is 11.1. The van der Waals surface area contributed by atoms with Gasteiger partial charge in [-0.2, -0.15) is 5.10 Å². The number of carbonyl (C=O) groups is 1. The van der Waals surface area contributed by atoms with Gasteiger partial charge >= 0.3 is 0 Å². The number of hydrogen-bond donors (Lipinski definition) is 0. The van der Waals surface area contributed by atoms with Crippen LogP contribution in [0.15, 0.2) is 24.4 Å². The Morgan fingerprint density at radius 2 is 2.00 bits per heavy atom. The highest BCUT2D eigenvalue weighted by Crippen LogP contribution is 2.19. The molecule has 3 aromatic heterocycles. The lowest BCUT2D eigenvalue weighted by Crippen LogP contribution is -2.04. The lowest BCUT2D eigenvalue weighted by Gasteiger charge is -2.01. The smallest absolute Gasteiger partial charge is 0.183 e. The molecule has 0 saturated carbocycles. The second-order valence-corrected chi connectivity index (χ2v) is 4.57. The number of carbonyl (C=O) groups excluding carboxylic acids is 1. The number of imidazole rings is 1. The number of nitrogens with zero attached hydrogens (tertiary/aromatic N) is 4. The summed E-state index contributed by atoms with van der Waals surface area (Å²) in [6, 6.07) is 5.64. The van der Waals surface area contributed by atoms with Crippen LogP contribution in [0.1, 0.15) is 27.4 Å². The summed E-state index contributed by atoms with van der Waals surface area (Å²) in [5.41, 5.74) is 4.33. The zero-order valence-corrected chi connectivity index (χ0v) is 11.1. The lowest BCUT2D eigenvalue weighted by atomic mass is 10.2. The van der Waals surface area contributed by atoms with Crippen molar-refractivity contribution in [2.45, 2.75) is 20.8 Å². The van der Waals surface area contributed by atoms with Gasteiger partial charge in [0.05, 0.1) is 5.69 Å². The van der Waals surface area contributed by atoms with Crippen molar-refractivity contribution in [3.63, 3.8) is 0 Å². The maximum Gasteiger partial charge on any atom is 0.183 e. The van der Waals surface area contributed by atoms with E-state index in [-0.39, 0.29) is 0 Å². The molecule has 0 aromatic carbocycles. The van der Waals surface area contributed by atoms with Gasteiger partial charge in [0.15, 0.2) is 12.1 Å². The number of fused-ring (bicyclic) bond motifs is 1. The van der Waals surface area contributed by atoms with Gasteiger partial charge in [0.2, 0.25) is 0 Å². The first-order valence-corrected chi connectivity index (χ1v) is 6.09. The van der Waals surface area contributed by atoms with Gasteiger partial charge in [-0.1, -0.05) is 6.07 Å². The highest BCUT2D eigenvalue weighted by molar-refractivity contribution is 5.79. The maximum atomic E-state index is 11.4. The molecule has 3 heterocycles. The lowest BCUT2D eigenvalue weighted by molar-refractivity contribution is 0.111. The largest absolute Gasteiger partial charge is 0.296 e. The predicted octanol–water partition coefficient (Wildman–Crippen LogP) is 2.26. The molecule has 0 aliphatic heterocycles. The number of pyridine rings is 1. The molecular weight excluding hydrogens is 240 g/mol.